The van der Waals surface area contributed by atoms with E-state index in [4.69, 9.17) is 29.0 Å². The topological polar surface area (TPSA) is 63.0 Å². The average Bonchev–Trinajstić information content (AvgIpc) is 2.38. The summed E-state index contributed by atoms with van der Waals surface area (Å²) >= 11 is 14.7. The van der Waals surface area contributed by atoms with Gasteiger partial charge in [-0.2, -0.15) is 0 Å². The molecule has 4 nitrogen and oxygen atoms in total. The molecule has 0 radical (unpaired) electrons. The summed E-state index contributed by atoms with van der Waals surface area (Å²) < 4.78 is 26.9. The van der Waals surface area contributed by atoms with Gasteiger partial charge in [0.05, 0.1) is 20.2 Å². The second kappa shape index (κ2) is 6.09. The minimum absolute atomic E-state index is 0.00188. The van der Waals surface area contributed by atoms with Crippen LogP contribution in [0.3, 0.4) is 0 Å². The van der Waals surface area contributed by atoms with Crippen molar-refractivity contribution in [2.75, 3.05) is 10.7 Å². The number of nitrogens with zero attached hydrogens (tertiary/aromatic N) is 1. The molecule has 1 heterocycles. The lowest BCUT2D eigenvalue weighted by Gasteiger charge is -2.11. The number of benzene rings is 1. The first-order valence-electron chi connectivity index (χ1n) is 5.16. The first kappa shape index (κ1) is 15.2. The van der Waals surface area contributed by atoms with Crippen molar-refractivity contribution in [1.82, 2.24) is 4.98 Å². The van der Waals surface area contributed by atoms with Crippen molar-refractivity contribution in [3.8, 4) is 0 Å². The average molecular weight is 384 g/mol. The maximum Gasteiger partial charge on any atom is 0.161 e. The van der Waals surface area contributed by atoms with Crippen molar-refractivity contribution in [3.63, 3.8) is 0 Å². The molecular weight excluding hydrogens is 377 g/mol. The van der Waals surface area contributed by atoms with E-state index in [0.29, 0.717) is 0 Å². The van der Waals surface area contributed by atoms with Crippen molar-refractivity contribution in [3.05, 3.63) is 44.4 Å². The standard InChI is InChI=1S/C11H7BrCl2F2N4/c12-4-1-9(8(16)3-7(4)15)18-10-5(13)2-6(14)11(19-10)20-17/h1-3H,17H2,(H2,18,19,20). The molecule has 0 fully saturated rings. The summed E-state index contributed by atoms with van der Waals surface area (Å²) in [7, 11) is 0. The fourth-order valence-corrected chi connectivity index (χ4v) is 2.21. The summed E-state index contributed by atoms with van der Waals surface area (Å²) in [5.74, 6) is 4.02. The number of hydrogen-bond donors (Lipinski definition) is 3. The number of pyridine rings is 1. The van der Waals surface area contributed by atoms with Crippen LogP contribution in [-0.4, -0.2) is 4.98 Å². The number of anilines is 3. The highest BCUT2D eigenvalue weighted by atomic mass is 79.9. The van der Waals surface area contributed by atoms with Gasteiger partial charge in [0.2, 0.25) is 0 Å². The highest BCUT2D eigenvalue weighted by molar-refractivity contribution is 9.10. The predicted octanol–water partition coefficient (Wildman–Crippen LogP) is 4.46. The van der Waals surface area contributed by atoms with E-state index in [1.807, 2.05) is 0 Å². The molecule has 4 N–H and O–H groups in total. The Bertz CT molecular complexity index is 669. The van der Waals surface area contributed by atoms with Crippen LogP contribution in [0.4, 0.5) is 26.1 Å². The van der Waals surface area contributed by atoms with E-state index in [1.54, 1.807) is 0 Å². The molecule has 106 valence electrons. The third-order valence-electron chi connectivity index (χ3n) is 2.33. The normalized spacial score (nSPS) is 10.5. The molecule has 0 saturated heterocycles. The van der Waals surface area contributed by atoms with E-state index in [9.17, 15) is 8.78 Å². The maximum absolute atomic E-state index is 13.6. The lowest BCUT2D eigenvalue weighted by Crippen LogP contribution is -2.10. The molecule has 2 rings (SSSR count). The minimum Gasteiger partial charge on any atom is -0.336 e. The number of halogens is 5. The fourth-order valence-electron chi connectivity index (χ4n) is 1.40. The third kappa shape index (κ3) is 3.12. The summed E-state index contributed by atoms with van der Waals surface area (Å²) in [6, 6.07) is 3.36. The third-order valence-corrected chi connectivity index (χ3v) is 3.51. The second-order valence-electron chi connectivity index (χ2n) is 3.66. The summed E-state index contributed by atoms with van der Waals surface area (Å²) in [6.07, 6.45) is 0. The van der Waals surface area contributed by atoms with Crippen molar-refractivity contribution in [2.45, 2.75) is 0 Å². The number of nitrogens with two attached hydrogens (primary N) is 1. The summed E-state index contributed by atoms with van der Waals surface area (Å²) in [6.45, 7) is 0. The zero-order valence-corrected chi connectivity index (χ0v) is 12.7. The molecular formula is C11H7BrCl2F2N4. The van der Waals surface area contributed by atoms with Gasteiger partial charge in [-0.05, 0) is 28.1 Å². The monoisotopic (exact) mass is 382 g/mol. The first-order valence-corrected chi connectivity index (χ1v) is 6.71. The van der Waals surface area contributed by atoms with Crippen LogP contribution in [-0.2, 0) is 0 Å². The molecule has 1 aromatic carbocycles. The van der Waals surface area contributed by atoms with Crippen LogP contribution in [0.25, 0.3) is 0 Å². The highest BCUT2D eigenvalue weighted by Crippen LogP contribution is 2.32. The van der Waals surface area contributed by atoms with Gasteiger partial charge in [0.25, 0.3) is 0 Å². The molecule has 9 heteroatoms. The number of aromatic nitrogens is 1. The second-order valence-corrected chi connectivity index (χ2v) is 5.33. The maximum atomic E-state index is 13.6. The SMILES string of the molecule is NNc1nc(Nc2cc(Br)c(F)cc2F)c(Cl)cc1Cl. The Morgan fingerprint density at radius 1 is 1.05 bits per heavy atom. The van der Waals surface area contributed by atoms with Crippen molar-refractivity contribution in [2.24, 2.45) is 5.84 Å². The van der Waals surface area contributed by atoms with E-state index in [-0.39, 0.29) is 31.8 Å². The van der Waals surface area contributed by atoms with Crippen LogP contribution >= 0.6 is 39.1 Å². The summed E-state index contributed by atoms with van der Waals surface area (Å²) in [4.78, 5) is 3.99. The summed E-state index contributed by atoms with van der Waals surface area (Å²) in [5, 5.41) is 3.01. The zero-order chi connectivity index (χ0) is 14.9. The van der Waals surface area contributed by atoms with Gasteiger partial charge in [0.15, 0.2) is 11.6 Å². The van der Waals surface area contributed by atoms with Crippen LogP contribution in [0.5, 0.6) is 0 Å². The number of nitrogen functional groups attached to an aromatic ring is 1. The molecule has 0 spiro atoms. The Kier molecular flexibility index (Phi) is 4.64. The number of hydrogen-bond acceptors (Lipinski definition) is 4. The Labute approximate surface area is 131 Å². The van der Waals surface area contributed by atoms with Gasteiger partial charge >= 0.3 is 0 Å². The van der Waals surface area contributed by atoms with Gasteiger partial charge in [-0.1, -0.05) is 23.2 Å². The molecule has 0 unspecified atom stereocenters. The largest absolute Gasteiger partial charge is 0.336 e. The van der Waals surface area contributed by atoms with E-state index in [2.05, 4.69) is 31.7 Å². The molecule has 1 aromatic heterocycles. The lowest BCUT2D eigenvalue weighted by molar-refractivity contribution is 0.581. The molecule has 0 saturated carbocycles. The number of rotatable bonds is 3. The molecule has 0 aliphatic heterocycles. The van der Waals surface area contributed by atoms with Crippen LogP contribution in [0.2, 0.25) is 10.0 Å². The van der Waals surface area contributed by atoms with Crippen molar-refractivity contribution >= 4 is 56.5 Å². The quantitative estimate of drug-likeness (QED) is 0.416. The van der Waals surface area contributed by atoms with Gasteiger partial charge in [-0.3, -0.25) is 0 Å². The smallest absolute Gasteiger partial charge is 0.161 e. The van der Waals surface area contributed by atoms with E-state index in [0.717, 1.165) is 6.07 Å². The van der Waals surface area contributed by atoms with Crippen LogP contribution in [0, 0.1) is 11.6 Å². The Hall–Kier alpha value is -1.15. The number of hydrazine groups is 1. The predicted molar refractivity (Wildman–Crippen MR) is 79.4 cm³/mol. The summed E-state index contributed by atoms with van der Waals surface area (Å²) in [5.41, 5.74) is 2.28. The Morgan fingerprint density at radius 3 is 2.35 bits per heavy atom. The van der Waals surface area contributed by atoms with Crippen molar-refractivity contribution < 1.29 is 8.78 Å². The van der Waals surface area contributed by atoms with E-state index >= 15 is 0 Å². The molecule has 0 aliphatic carbocycles. The fraction of sp³-hybridized carbons (Fsp3) is 0. The highest BCUT2D eigenvalue weighted by Gasteiger charge is 2.13. The Balaban J connectivity index is 2.42. The van der Waals surface area contributed by atoms with Gasteiger partial charge in [-0.25, -0.2) is 19.6 Å². The molecule has 20 heavy (non-hydrogen) atoms. The van der Waals surface area contributed by atoms with Gasteiger partial charge in [0.1, 0.15) is 11.6 Å². The van der Waals surface area contributed by atoms with Crippen LogP contribution < -0.4 is 16.6 Å². The molecule has 2 aromatic rings. The first-order chi connectivity index (χ1) is 9.42. The van der Waals surface area contributed by atoms with E-state index in [1.165, 1.54) is 12.1 Å². The van der Waals surface area contributed by atoms with Crippen LogP contribution in [0.15, 0.2) is 22.7 Å². The minimum atomic E-state index is -0.791. The van der Waals surface area contributed by atoms with Crippen molar-refractivity contribution in [1.29, 1.82) is 0 Å². The molecule has 0 aliphatic rings. The molecule has 0 amide bonds. The zero-order valence-electron chi connectivity index (χ0n) is 9.65. The van der Waals surface area contributed by atoms with Crippen LogP contribution in [0.1, 0.15) is 0 Å². The van der Waals surface area contributed by atoms with E-state index < -0.39 is 11.6 Å². The lowest BCUT2D eigenvalue weighted by atomic mass is 10.3. The molecule has 0 atom stereocenters. The van der Waals surface area contributed by atoms with Gasteiger partial charge in [-0.15, -0.1) is 0 Å². The number of nitrogens with one attached hydrogen (secondary N) is 2. The van der Waals surface area contributed by atoms with Gasteiger partial charge in [0, 0.05) is 6.07 Å². The Morgan fingerprint density at radius 2 is 1.70 bits per heavy atom. The van der Waals surface area contributed by atoms with Gasteiger partial charge < -0.3 is 10.7 Å². The molecule has 0 bridgehead atoms.